The summed E-state index contributed by atoms with van der Waals surface area (Å²) in [6, 6.07) is 9.89. The first-order valence-corrected chi connectivity index (χ1v) is 7.74. The van der Waals surface area contributed by atoms with E-state index >= 15 is 0 Å². The van der Waals surface area contributed by atoms with Gasteiger partial charge in [0.05, 0.1) is 11.5 Å². The van der Waals surface area contributed by atoms with Crippen LogP contribution >= 0.6 is 0 Å². The van der Waals surface area contributed by atoms with E-state index in [9.17, 15) is 5.11 Å². The third-order valence-corrected chi connectivity index (χ3v) is 4.78. The van der Waals surface area contributed by atoms with Crippen LogP contribution in [0.1, 0.15) is 30.4 Å². The largest absolute Gasteiger partial charge is 0.399 e. The Bertz CT molecular complexity index is 859. The van der Waals surface area contributed by atoms with E-state index in [1.165, 1.54) is 6.33 Å². The average molecular weight is 309 g/mol. The zero-order valence-electron chi connectivity index (χ0n) is 12.6. The van der Waals surface area contributed by atoms with Crippen LogP contribution in [0.25, 0.3) is 11.0 Å². The predicted octanol–water partition coefficient (Wildman–Crippen LogP) is 2.08. The summed E-state index contributed by atoms with van der Waals surface area (Å²) in [4.78, 5) is 8.38. The van der Waals surface area contributed by atoms with Crippen LogP contribution in [0.5, 0.6) is 0 Å². The van der Waals surface area contributed by atoms with Gasteiger partial charge in [-0.05, 0) is 36.6 Å². The Morgan fingerprint density at radius 1 is 1.13 bits per heavy atom. The summed E-state index contributed by atoms with van der Waals surface area (Å²) in [5, 5.41) is 11.4. The minimum atomic E-state index is -0.390. The zero-order valence-corrected chi connectivity index (χ0v) is 12.6. The summed E-state index contributed by atoms with van der Waals surface area (Å²) >= 11 is 0. The van der Waals surface area contributed by atoms with Gasteiger partial charge in [-0.3, -0.25) is 0 Å². The normalized spacial score (nSPS) is 24.3. The molecule has 4 rings (SSSR count). The number of aliphatic hydroxyl groups is 1. The quantitative estimate of drug-likeness (QED) is 0.629. The van der Waals surface area contributed by atoms with Gasteiger partial charge in [-0.2, -0.15) is 0 Å². The number of hydrogen-bond acceptors (Lipinski definition) is 5. The van der Waals surface area contributed by atoms with E-state index in [1.54, 1.807) is 0 Å². The standard InChI is InChI=1S/C17H19N5O/c18-11-3-1-2-10(6-11)14-7-12(8-15(14)23)22-5-4-13-16(19)20-9-21-17(13)22/h1-6,9,12,14-15,23H,7-8,18H2,(H2,19,20,21)/t12-,14-,15+/m1/s1. The molecular weight excluding hydrogens is 290 g/mol. The Hall–Kier alpha value is -2.60. The Balaban J connectivity index is 1.67. The lowest BCUT2D eigenvalue weighted by atomic mass is 9.95. The first kappa shape index (κ1) is 14.0. The molecule has 0 aliphatic heterocycles. The number of aliphatic hydroxyl groups excluding tert-OH is 1. The van der Waals surface area contributed by atoms with Crippen LogP contribution in [0.3, 0.4) is 0 Å². The van der Waals surface area contributed by atoms with E-state index in [2.05, 4.69) is 14.5 Å². The molecule has 0 spiro atoms. The van der Waals surface area contributed by atoms with Crippen LogP contribution in [0.15, 0.2) is 42.9 Å². The van der Waals surface area contributed by atoms with Crippen molar-refractivity contribution in [2.75, 3.05) is 11.5 Å². The van der Waals surface area contributed by atoms with Crippen molar-refractivity contribution in [2.24, 2.45) is 0 Å². The molecule has 0 saturated heterocycles. The van der Waals surface area contributed by atoms with Gasteiger partial charge in [-0.25, -0.2) is 9.97 Å². The number of nitrogens with zero attached hydrogens (tertiary/aromatic N) is 3. The van der Waals surface area contributed by atoms with Gasteiger partial charge in [-0.15, -0.1) is 0 Å². The lowest BCUT2D eigenvalue weighted by Crippen LogP contribution is -2.11. The molecule has 0 bridgehead atoms. The van der Waals surface area contributed by atoms with E-state index in [0.717, 1.165) is 28.7 Å². The third kappa shape index (κ3) is 2.31. The summed E-state index contributed by atoms with van der Waals surface area (Å²) in [7, 11) is 0. The molecule has 0 unspecified atom stereocenters. The number of rotatable bonds is 2. The zero-order chi connectivity index (χ0) is 16.0. The molecule has 5 N–H and O–H groups in total. The molecule has 118 valence electrons. The van der Waals surface area contributed by atoms with Crippen LogP contribution in [0.4, 0.5) is 11.5 Å². The number of fused-ring (bicyclic) bond motifs is 1. The van der Waals surface area contributed by atoms with Gasteiger partial charge in [0.2, 0.25) is 0 Å². The highest BCUT2D eigenvalue weighted by atomic mass is 16.3. The highest BCUT2D eigenvalue weighted by molar-refractivity contribution is 5.86. The SMILES string of the molecule is Nc1cccc([C@H]2C[C@@H](n3ccc4c(N)ncnc43)C[C@@H]2O)c1. The Morgan fingerprint density at radius 2 is 2.00 bits per heavy atom. The van der Waals surface area contributed by atoms with Gasteiger partial charge in [0, 0.05) is 23.8 Å². The van der Waals surface area contributed by atoms with Gasteiger partial charge in [-0.1, -0.05) is 12.1 Å². The van der Waals surface area contributed by atoms with Crippen molar-refractivity contribution >= 4 is 22.5 Å². The topological polar surface area (TPSA) is 103 Å². The lowest BCUT2D eigenvalue weighted by molar-refractivity contribution is 0.160. The third-order valence-electron chi connectivity index (χ3n) is 4.78. The van der Waals surface area contributed by atoms with Crippen molar-refractivity contribution in [3.05, 3.63) is 48.4 Å². The van der Waals surface area contributed by atoms with Crippen LogP contribution in [0.2, 0.25) is 0 Å². The molecule has 3 atom stereocenters. The molecule has 6 nitrogen and oxygen atoms in total. The van der Waals surface area contributed by atoms with Crippen LogP contribution in [0, 0.1) is 0 Å². The molecule has 6 heteroatoms. The van der Waals surface area contributed by atoms with Gasteiger partial charge in [0.15, 0.2) is 0 Å². The molecule has 1 aliphatic carbocycles. The van der Waals surface area contributed by atoms with E-state index in [1.807, 2.05) is 36.5 Å². The second-order valence-corrected chi connectivity index (χ2v) is 6.19. The molecule has 0 radical (unpaired) electrons. The molecule has 2 heterocycles. The first-order chi connectivity index (χ1) is 11.1. The fraction of sp³-hybridized carbons (Fsp3) is 0.294. The van der Waals surface area contributed by atoms with Crippen LogP contribution < -0.4 is 11.5 Å². The molecule has 3 aromatic rings. The number of hydrogen-bond donors (Lipinski definition) is 3. The van der Waals surface area contributed by atoms with Crippen molar-refractivity contribution < 1.29 is 5.11 Å². The molecule has 2 aromatic heterocycles. The molecule has 23 heavy (non-hydrogen) atoms. The smallest absolute Gasteiger partial charge is 0.145 e. The highest BCUT2D eigenvalue weighted by Crippen LogP contribution is 2.42. The summed E-state index contributed by atoms with van der Waals surface area (Å²) in [6.07, 6.45) is 4.60. The van der Waals surface area contributed by atoms with Crippen LogP contribution in [-0.2, 0) is 0 Å². The average Bonchev–Trinajstić information content (AvgIpc) is 3.11. The maximum atomic E-state index is 10.5. The van der Waals surface area contributed by atoms with Gasteiger partial charge >= 0.3 is 0 Å². The van der Waals surface area contributed by atoms with Crippen molar-refractivity contribution in [3.8, 4) is 0 Å². The summed E-state index contributed by atoms with van der Waals surface area (Å²) in [6.45, 7) is 0. The molecule has 0 amide bonds. The summed E-state index contributed by atoms with van der Waals surface area (Å²) in [5.74, 6) is 0.569. The van der Waals surface area contributed by atoms with E-state index < -0.39 is 6.10 Å². The molecule has 1 fully saturated rings. The summed E-state index contributed by atoms with van der Waals surface area (Å²) < 4.78 is 2.10. The van der Waals surface area contributed by atoms with Crippen molar-refractivity contribution in [1.82, 2.24) is 14.5 Å². The second kappa shape index (κ2) is 5.24. The fourth-order valence-electron chi connectivity index (χ4n) is 3.65. The van der Waals surface area contributed by atoms with Gasteiger partial charge in [0.1, 0.15) is 17.8 Å². The van der Waals surface area contributed by atoms with E-state index in [-0.39, 0.29) is 12.0 Å². The maximum absolute atomic E-state index is 10.5. The second-order valence-electron chi connectivity index (χ2n) is 6.19. The lowest BCUT2D eigenvalue weighted by Gasteiger charge is -2.15. The number of nitrogen functional groups attached to an aromatic ring is 2. The number of anilines is 2. The maximum Gasteiger partial charge on any atom is 0.145 e. The minimum absolute atomic E-state index is 0.0835. The van der Waals surface area contributed by atoms with Crippen molar-refractivity contribution in [3.63, 3.8) is 0 Å². The van der Waals surface area contributed by atoms with E-state index in [4.69, 9.17) is 11.5 Å². The summed E-state index contributed by atoms with van der Waals surface area (Å²) in [5.41, 5.74) is 14.4. The van der Waals surface area contributed by atoms with Gasteiger partial charge < -0.3 is 21.1 Å². The van der Waals surface area contributed by atoms with E-state index in [0.29, 0.717) is 12.2 Å². The Morgan fingerprint density at radius 3 is 2.83 bits per heavy atom. The van der Waals surface area contributed by atoms with Crippen molar-refractivity contribution in [2.45, 2.75) is 30.9 Å². The Labute approximate surface area is 133 Å². The monoisotopic (exact) mass is 309 g/mol. The molecular formula is C17H19N5O. The highest BCUT2D eigenvalue weighted by Gasteiger charge is 2.35. The molecule has 1 aliphatic rings. The van der Waals surface area contributed by atoms with Crippen molar-refractivity contribution in [1.29, 1.82) is 0 Å². The number of nitrogens with two attached hydrogens (primary N) is 2. The Kier molecular flexibility index (Phi) is 3.20. The first-order valence-electron chi connectivity index (χ1n) is 7.74. The fourth-order valence-corrected chi connectivity index (χ4v) is 3.65. The molecule has 1 saturated carbocycles. The number of aromatic nitrogens is 3. The van der Waals surface area contributed by atoms with Crippen LogP contribution in [-0.4, -0.2) is 25.7 Å². The molecule has 1 aromatic carbocycles. The predicted molar refractivity (Wildman–Crippen MR) is 89.8 cm³/mol. The minimum Gasteiger partial charge on any atom is -0.399 e. The van der Waals surface area contributed by atoms with Gasteiger partial charge in [0.25, 0.3) is 0 Å². The number of benzene rings is 1.